The molecule has 0 bridgehead atoms. The molecule has 2 aromatic carbocycles. The molecular formula is C23H22N4O4. The summed E-state index contributed by atoms with van der Waals surface area (Å²) in [7, 11) is 0. The van der Waals surface area contributed by atoms with Crippen molar-refractivity contribution in [1.29, 1.82) is 0 Å². The first-order valence-electron chi connectivity index (χ1n) is 9.60. The minimum atomic E-state index is -1.11. The normalized spacial score (nSPS) is 11.5. The number of carbonyl (C=O) groups excluding carboxylic acids is 1. The average Bonchev–Trinajstić information content (AvgIpc) is 2.73. The van der Waals surface area contributed by atoms with E-state index < -0.39 is 17.9 Å². The second-order valence-corrected chi connectivity index (χ2v) is 7.14. The monoisotopic (exact) mass is 418 g/mol. The Kier molecular flexibility index (Phi) is 6.36. The van der Waals surface area contributed by atoms with Crippen LogP contribution in [-0.2, 0) is 11.3 Å². The number of nitrogens with zero attached hydrogens (tertiary/aromatic N) is 2. The second-order valence-electron chi connectivity index (χ2n) is 7.14. The lowest BCUT2D eigenvalue weighted by Crippen LogP contribution is -2.38. The largest absolute Gasteiger partial charge is 0.480 e. The number of carboxylic acids is 1. The Morgan fingerprint density at radius 1 is 1.26 bits per heavy atom. The summed E-state index contributed by atoms with van der Waals surface area (Å²) < 4.78 is 0. The first kappa shape index (κ1) is 21.6. The molecule has 1 aromatic heterocycles. The van der Waals surface area contributed by atoms with E-state index in [1.807, 2.05) is 11.0 Å². The van der Waals surface area contributed by atoms with E-state index in [0.29, 0.717) is 35.4 Å². The molecule has 8 heteroatoms. The Morgan fingerprint density at radius 3 is 2.61 bits per heavy atom. The van der Waals surface area contributed by atoms with Gasteiger partial charge in [0, 0.05) is 17.8 Å². The lowest BCUT2D eigenvalue weighted by atomic mass is 10.1. The second kappa shape index (κ2) is 9.13. The van der Waals surface area contributed by atoms with Gasteiger partial charge in [0.1, 0.15) is 11.9 Å². The van der Waals surface area contributed by atoms with Crippen molar-refractivity contribution in [2.24, 2.45) is 0 Å². The van der Waals surface area contributed by atoms with Gasteiger partial charge in [-0.1, -0.05) is 12.0 Å². The zero-order valence-corrected chi connectivity index (χ0v) is 17.2. The van der Waals surface area contributed by atoms with Gasteiger partial charge >= 0.3 is 5.97 Å². The highest BCUT2D eigenvalue weighted by Gasteiger charge is 2.16. The first-order valence-corrected chi connectivity index (χ1v) is 9.60. The lowest BCUT2D eigenvalue weighted by molar-refractivity contribution is -0.138. The van der Waals surface area contributed by atoms with Gasteiger partial charge in [0.15, 0.2) is 0 Å². The number of benzene rings is 2. The van der Waals surface area contributed by atoms with E-state index in [9.17, 15) is 14.4 Å². The number of carbonyl (C=O) groups is 2. The van der Waals surface area contributed by atoms with E-state index in [1.165, 1.54) is 6.92 Å². The fraction of sp³-hybridized carbons (Fsp3) is 0.217. The van der Waals surface area contributed by atoms with Crippen LogP contribution in [-0.4, -0.2) is 39.5 Å². The van der Waals surface area contributed by atoms with Crippen molar-refractivity contribution in [3.8, 4) is 12.3 Å². The summed E-state index contributed by atoms with van der Waals surface area (Å²) in [5.41, 5.74) is 2.45. The minimum Gasteiger partial charge on any atom is -0.480 e. The number of aliphatic carboxylic acids is 1. The molecule has 1 atom stereocenters. The Balaban J connectivity index is 1.82. The van der Waals surface area contributed by atoms with Crippen molar-refractivity contribution < 1.29 is 14.7 Å². The number of hydrogen-bond donors (Lipinski definition) is 3. The fourth-order valence-electron chi connectivity index (χ4n) is 3.14. The van der Waals surface area contributed by atoms with Crippen LogP contribution in [0.2, 0.25) is 0 Å². The predicted octanol–water partition coefficient (Wildman–Crippen LogP) is 2.07. The molecule has 3 aromatic rings. The number of amides is 1. The standard InChI is InChI=1S/C23H22N4O4/c1-4-11-27(13-16-5-10-20-19(12-16)22(29)26-15(3)25-20)18-8-6-17(7-9-18)21(28)24-14(2)23(30)31/h1,5-10,12,14H,11,13H2,2-3H3,(H,24,28)(H,30,31)(H,25,26,29)/t14-/m0/s1. The summed E-state index contributed by atoms with van der Waals surface area (Å²) in [6.45, 7) is 3.90. The number of rotatable bonds is 7. The van der Waals surface area contributed by atoms with Gasteiger partial charge in [0.05, 0.1) is 17.4 Å². The summed E-state index contributed by atoms with van der Waals surface area (Å²) in [5, 5.41) is 11.8. The molecule has 0 aliphatic rings. The van der Waals surface area contributed by atoms with E-state index in [4.69, 9.17) is 11.5 Å². The topological polar surface area (TPSA) is 115 Å². The van der Waals surface area contributed by atoms with Crippen LogP contribution >= 0.6 is 0 Å². The zero-order valence-electron chi connectivity index (χ0n) is 17.2. The molecule has 0 radical (unpaired) electrons. The van der Waals surface area contributed by atoms with Crippen molar-refractivity contribution in [1.82, 2.24) is 15.3 Å². The smallest absolute Gasteiger partial charge is 0.325 e. The molecular weight excluding hydrogens is 396 g/mol. The van der Waals surface area contributed by atoms with Crippen molar-refractivity contribution in [2.75, 3.05) is 11.4 Å². The SMILES string of the molecule is C#CCN(Cc1ccc2nc(C)[nH]c(=O)c2c1)c1ccc(C(=O)N[C@@H](C)C(=O)O)cc1. The highest BCUT2D eigenvalue weighted by Crippen LogP contribution is 2.20. The van der Waals surface area contributed by atoms with Crippen LogP contribution in [0, 0.1) is 19.3 Å². The fourth-order valence-corrected chi connectivity index (χ4v) is 3.14. The quantitative estimate of drug-likeness (QED) is 0.506. The number of aryl methyl sites for hydroxylation is 1. The molecule has 0 fully saturated rings. The van der Waals surface area contributed by atoms with E-state index >= 15 is 0 Å². The number of anilines is 1. The maximum atomic E-state index is 12.2. The Labute approximate surface area is 178 Å². The van der Waals surface area contributed by atoms with E-state index in [2.05, 4.69) is 21.2 Å². The zero-order chi connectivity index (χ0) is 22.5. The number of aromatic amines is 1. The van der Waals surface area contributed by atoms with Gasteiger partial charge in [-0.15, -0.1) is 6.42 Å². The van der Waals surface area contributed by atoms with Crippen LogP contribution in [0.25, 0.3) is 10.9 Å². The number of carboxylic acid groups (broad SMARTS) is 1. The predicted molar refractivity (Wildman–Crippen MR) is 118 cm³/mol. The third-order valence-corrected chi connectivity index (χ3v) is 4.76. The van der Waals surface area contributed by atoms with Gasteiger partial charge in [-0.05, 0) is 55.8 Å². The van der Waals surface area contributed by atoms with Crippen LogP contribution < -0.4 is 15.8 Å². The number of aromatic nitrogens is 2. The third-order valence-electron chi connectivity index (χ3n) is 4.76. The maximum Gasteiger partial charge on any atom is 0.325 e. The maximum absolute atomic E-state index is 12.2. The summed E-state index contributed by atoms with van der Waals surface area (Å²) in [5.74, 6) is 1.60. The summed E-state index contributed by atoms with van der Waals surface area (Å²) in [4.78, 5) is 44.3. The summed E-state index contributed by atoms with van der Waals surface area (Å²) in [6.07, 6.45) is 5.54. The number of terminal acetylenes is 1. The number of fused-ring (bicyclic) bond motifs is 1. The average molecular weight is 418 g/mol. The molecule has 1 heterocycles. The van der Waals surface area contributed by atoms with Gasteiger partial charge in [-0.3, -0.25) is 14.4 Å². The van der Waals surface area contributed by atoms with Gasteiger partial charge in [0.25, 0.3) is 11.5 Å². The van der Waals surface area contributed by atoms with Gasteiger partial charge in [0.2, 0.25) is 0 Å². The van der Waals surface area contributed by atoms with E-state index in [-0.39, 0.29) is 5.56 Å². The van der Waals surface area contributed by atoms with Gasteiger partial charge in [-0.2, -0.15) is 0 Å². The van der Waals surface area contributed by atoms with Crippen molar-refractivity contribution >= 4 is 28.5 Å². The summed E-state index contributed by atoms with van der Waals surface area (Å²) >= 11 is 0. The van der Waals surface area contributed by atoms with Crippen molar-refractivity contribution in [3.63, 3.8) is 0 Å². The highest BCUT2D eigenvalue weighted by molar-refractivity contribution is 5.96. The Hall–Kier alpha value is -4.12. The number of nitrogens with one attached hydrogen (secondary N) is 2. The molecule has 0 aliphatic heterocycles. The molecule has 0 saturated heterocycles. The third kappa shape index (κ3) is 5.08. The van der Waals surface area contributed by atoms with E-state index in [1.54, 1.807) is 43.3 Å². The number of hydrogen-bond acceptors (Lipinski definition) is 5. The van der Waals surface area contributed by atoms with E-state index in [0.717, 1.165) is 11.3 Å². The molecule has 1 amide bonds. The molecule has 0 spiro atoms. The Morgan fingerprint density at radius 2 is 1.97 bits per heavy atom. The molecule has 8 nitrogen and oxygen atoms in total. The first-order chi connectivity index (χ1) is 14.8. The van der Waals surface area contributed by atoms with Gasteiger partial charge in [-0.25, -0.2) is 4.98 Å². The van der Waals surface area contributed by atoms with Crippen molar-refractivity contribution in [3.05, 3.63) is 69.8 Å². The lowest BCUT2D eigenvalue weighted by Gasteiger charge is -2.23. The highest BCUT2D eigenvalue weighted by atomic mass is 16.4. The minimum absolute atomic E-state index is 0.196. The molecule has 3 rings (SSSR count). The molecule has 0 saturated carbocycles. The molecule has 31 heavy (non-hydrogen) atoms. The summed E-state index contributed by atoms with van der Waals surface area (Å²) in [6, 6.07) is 11.2. The van der Waals surface area contributed by atoms with Crippen LogP contribution in [0.4, 0.5) is 5.69 Å². The van der Waals surface area contributed by atoms with Crippen LogP contribution in [0.3, 0.4) is 0 Å². The molecule has 0 unspecified atom stereocenters. The molecule has 0 aliphatic carbocycles. The van der Waals surface area contributed by atoms with Crippen LogP contribution in [0.15, 0.2) is 47.3 Å². The Bertz CT molecular complexity index is 1230. The van der Waals surface area contributed by atoms with Crippen molar-refractivity contribution in [2.45, 2.75) is 26.4 Å². The van der Waals surface area contributed by atoms with Gasteiger partial charge < -0.3 is 20.3 Å². The molecule has 3 N–H and O–H groups in total. The van der Waals surface area contributed by atoms with Crippen LogP contribution in [0.1, 0.15) is 28.7 Å². The number of H-pyrrole nitrogens is 1. The molecule has 158 valence electrons. The van der Waals surface area contributed by atoms with Crippen LogP contribution in [0.5, 0.6) is 0 Å².